The Hall–Kier alpha value is -2.09. The molecule has 0 aliphatic heterocycles. The molecule has 1 N–H and O–H groups in total. The summed E-state index contributed by atoms with van der Waals surface area (Å²) in [6.45, 7) is 6.67. The summed E-state index contributed by atoms with van der Waals surface area (Å²) >= 11 is 0. The molecule has 0 amide bonds. The summed E-state index contributed by atoms with van der Waals surface area (Å²) in [4.78, 5) is 10.8. The number of rotatable bonds is 4. The van der Waals surface area contributed by atoms with Gasteiger partial charge in [0, 0.05) is 0 Å². The molecule has 0 spiro atoms. The first-order chi connectivity index (χ1) is 9.44. The molecule has 0 aromatic heterocycles. The van der Waals surface area contributed by atoms with Gasteiger partial charge in [0.25, 0.3) is 0 Å². The van der Waals surface area contributed by atoms with Crippen LogP contribution >= 0.6 is 0 Å². The molecule has 0 radical (unpaired) electrons. The van der Waals surface area contributed by atoms with E-state index in [0.717, 1.165) is 17.5 Å². The second-order valence-electron chi connectivity index (χ2n) is 5.70. The molecule has 0 aliphatic rings. The van der Waals surface area contributed by atoms with Crippen LogP contribution in [0.15, 0.2) is 48.5 Å². The van der Waals surface area contributed by atoms with Gasteiger partial charge in [-0.2, -0.15) is 0 Å². The Morgan fingerprint density at radius 3 is 1.80 bits per heavy atom. The highest BCUT2D eigenvalue weighted by molar-refractivity contribution is 5.88. The lowest BCUT2D eigenvalue weighted by molar-refractivity contribution is 0.0697. The van der Waals surface area contributed by atoms with E-state index >= 15 is 0 Å². The van der Waals surface area contributed by atoms with Gasteiger partial charge >= 0.3 is 5.97 Å². The minimum atomic E-state index is -0.892. The van der Waals surface area contributed by atoms with E-state index in [1.165, 1.54) is 5.56 Å². The Morgan fingerprint density at radius 2 is 1.40 bits per heavy atom. The lowest BCUT2D eigenvalue weighted by atomic mass is 9.82. The van der Waals surface area contributed by atoms with E-state index in [9.17, 15) is 4.79 Å². The van der Waals surface area contributed by atoms with Gasteiger partial charge in [-0.1, -0.05) is 57.2 Å². The third-order valence-corrected chi connectivity index (χ3v) is 4.02. The van der Waals surface area contributed by atoms with E-state index in [2.05, 4.69) is 45.0 Å². The molecule has 104 valence electrons. The van der Waals surface area contributed by atoms with Gasteiger partial charge in [-0.3, -0.25) is 0 Å². The second-order valence-corrected chi connectivity index (χ2v) is 5.70. The lowest BCUT2D eigenvalue weighted by Crippen LogP contribution is -2.14. The molecule has 0 fully saturated rings. The molecule has 2 nitrogen and oxygen atoms in total. The summed E-state index contributed by atoms with van der Waals surface area (Å²) in [6.07, 6.45) is 1.10. The summed E-state index contributed by atoms with van der Waals surface area (Å²) < 4.78 is 0. The Morgan fingerprint density at radius 1 is 0.950 bits per heavy atom. The molecule has 20 heavy (non-hydrogen) atoms. The van der Waals surface area contributed by atoms with Gasteiger partial charge in [0.05, 0.1) is 5.56 Å². The first-order valence-electron chi connectivity index (χ1n) is 6.88. The third-order valence-electron chi connectivity index (χ3n) is 4.02. The highest BCUT2D eigenvalue weighted by Gasteiger charge is 2.17. The molecule has 0 unspecified atom stereocenters. The van der Waals surface area contributed by atoms with Crippen LogP contribution < -0.4 is 0 Å². The average molecular weight is 268 g/mol. The van der Waals surface area contributed by atoms with Crippen molar-refractivity contribution in [3.63, 3.8) is 0 Å². The van der Waals surface area contributed by atoms with Crippen LogP contribution in [0, 0.1) is 0 Å². The molecule has 0 bridgehead atoms. The standard InChI is InChI=1S/C18H20O2/c1-4-18(2,3)16-11-9-14(10-12-16)13-5-7-15(8-6-13)17(19)20/h5-12H,4H2,1-3H3,(H,19,20). The number of hydrogen-bond acceptors (Lipinski definition) is 1. The Balaban J connectivity index is 2.28. The topological polar surface area (TPSA) is 37.3 Å². The first-order valence-corrected chi connectivity index (χ1v) is 6.88. The van der Waals surface area contributed by atoms with Gasteiger partial charge in [0.2, 0.25) is 0 Å². The third kappa shape index (κ3) is 2.90. The van der Waals surface area contributed by atoms with Gasteiger partial charge < -0.3 is 5.11 Å². The van der Waals surface area contributed by atoms with Crippen molar-refractivity contribution in [1.82, 2.24) is 0 Å². The van der Waals surface area contributed by atoms with Crippen molar-refractivity contribution in [2.45, 2.75) is 32.6 Å². The number of carboxylic acids is 1. The van der Waals surface area contributed by atoms with Gasteiger partial charge in [-0.25, -0.2) is 4.79 Å². The minimum Gasteiger partial charge on any atom is -0.478 e. The predicted molar refractivity (Wildman–Crippen MR) is 82.2 cm³/mol. The number of carbonyl (C=O) groups is 1. The van der Waals surface area contributed by atoms with Crippen LogP contribution in [0.5, 0.6) is 0 Å². The quantitative estimate of drug-likeness (QED) is 0.869. The van der Waals surface area contributed by atoms with Crippen LogP contribution in [-0.2, 0) is 5.41 Å². The summed E-state index contributed by atoms with van der Waals surface area (Å²) in [6, 6.07) is 15.5. The van der Waals surface area contributed by atoms with Crippen molar-refractivity contribution >= 4 is 5.97 Å². The fourth-order valence-corrected chi connectivity index (χ4v) is 2.12. The van der Waals surface area contributed by atoms with E-state index in [1.54, 1.807) is 12.1 Å². The molecule has 0 atom stereocenters. The van der Waals surface area contributed by atoms with E-state index in [-0.39, 0.29) is 5.41 Å². The van der Waals surface area contributed by atoms with Crippen LogP contribution in [-0.4, -0.2) is 11.1 Å². The highest BCUT2D eigenvalue weighted by Crippen LogP contribution is 2.29. The van der Waals surface area contributed by atoms with Crippen molar-refractivity contribution in [2.24, 2.45) is 0 Å². The van der Waals surface area contributed by atoms with Crippen LogP contribution in [0.4, 0.5) is 0 Å². The summed E-state index contributed by atoms with van der Waals surface area (Å²) in [5.41, 5.74) is 3.97. The fourth-order valence-electron chi connectivity index (χ4n) is 2.12. The van der Waals surface area contributed by atoms with Gasteiger partial charge in [0.15, 0.2) is 0 Å². The second kappa shape index (κ2) is 5.49. The zero-order valence-corrected chi connectivity index (χ0v) is 12.2. The normalized spacial score (nSPS) is 11.3. The average Bonchev–Trinajstić information content (AvgIpc) is 2.47. The zero-order valence-electron chi connectivity index (χ0n) is 12.2. The van der Waals surface area contributed by atoms with E-state index in [1.807, 2.05) is 12.1 Å². The maximum Gasteiger partial charge on any atom is 0.335 e. The molecule has 2 heteroatoms. The Bertz CT molecular complexity index is 592. The van der Waals surface area contributed by atoms with Crippen LogP contribution in [0.2, 0.25) is 0 Å². The Kier molecular flexibility index (Phi) is 3.93. The first kappa shape index (κ1) is 14.3. The summed E-state index contributed by atoms with van der Waals surface area (Å²) in [5, 5.41) is 8.90. The molecular formula is C18H20O2. The number of aromatic carboxylic acids is 1. The van der Waals surface area contributed by atoms with E-state index in [4.69, 9.17) is 5.11 Å². The molecular weight excluding hydrogens is 248 g/mol. The fraction of sp³-hybridized carbons (Fsp3) is 0.278. The van der Waals surface area contributed by atoms with Crippen molar-refractivity contribution in [1.29, 1.82) is 0 Å². The molecule has 2 aromatic rings. The van der Waals surface area contributed by atoms with Crippen molar-refractivity contribution < 1.29 is 9.90 Å². The summed E-state index contributed by atoms with van der Waals surface area (Å²) in [7, 11) is 0. The Labute approximate surface area is 120 Å². The highest BCUT2D eigenvalue weighted by atomic mass is 16.4. The number of carboxylic acid groups (broad SMARTS) is 1. The maximum absolute atomic E-state index is 10.8. The number of hydrogen-bond donors (Lipinski definition) is 1. The smallest absolute Gasteiger partial charge is 0.335 e. The van der Waals surface area contributed by atoms with Crippen molar-refractivity contribution in [3.8, 4) is 11.1 Å². The van der Waals surface area contributed by atoms with E-state index < -0.39 is 5.97 Å². The summed E-state index contributed by atoms with van der Waals surface area (Å²) in [5.74, 6) is -0.892. The lowest BCUT2D eigenvalue weighted by Gasteiger charge is -2.23. The van der Waals surface area contributed by atoms with Gasteiger partial charge in [-0.05, 0) is 40.7 Å². The SMILES string of the molecule is CCC(C)(C)c1ccc(-c2ccc(C(=O)O)cc2)cc1. The largest absolute Gasteiger partial charge is 0.478 e. The monoisotopic (exact) mass is 268 g/mol. The minimum absolute atomic E-state index is 0.186. The van der Waals surface area contributed by atoms with Crippen molar-refractivity contribution in [3.05, 3.63) is 59.7 Å². The number of benzene rings is 2. The van der Waals surface area contributed by atoms with Crippen LogP contribution in [0.1, 0.15) is 43.1 Å². The van der Waals surface area contributed by atoms with E-state index in [0.29, 0.717) is 5.56 Å². The zero-order chi connectivity index (χ0) is 14.8. The molecule has 2 rings (SSSR count). The molecule has 0 saturated heterocycles. The van der Waals surface area contributed by atoms with Crippen molar-refractivity contribution in [2.75, 3.05) is 0 Å². The van der Waals surface area contributed by atoms with Crippen LogP contribution in [0.3, 0.4) is 0 Å². The van der Waals surface area contributed by atoms with Gasteiger partial charge in [-0.15, -0.1) is 0 Å². The molecule has 0 heterocycles. The molecule has 2 aromatic carbocycles. The molecule has 0 aliphatic carbocycles. The van der Waals surface area contributed by atoms with Crippen LogP contribution in [0.25, 0.3) is 11.1 Å². The predicted octanol–water partition coefficient (Wildman–Crippen LogP) is 4.74. The molecule has 0 saturated carbocycles. The van der Waals surface area contributed by atoms with Gasteiger partial charge in [0.1, 0.15) is 0 Å². The maximum atomic E-state index is 10.8.